The Kier molecular flexibility index (Phi) is 5.20. The first-order valence-electron chi connectivity index (χ1n) is 8.23. The smallest absolute Gasteiger partial charge is 0.355 e. The number of aromatic nitrogens is 1. The Hall–Kier alpha value is -2.27. The topological polar surface area (TPSA) is 59.4 Å². The van der Waals surface area contributed by atoms with Crippen LogP contribution < -0.4 is 0 Å². The summed E-state index contributed by atoms with van der Waals surface area (Å²) >= 11 is 0. The lowest BCUT2D eigenvalue weighted by molar-refractivity contribution is 0.0168. The zero-order valence-electron chi connectivity index (χ0n) is 13.4. The van der Waals surface area contributed by atoms with Crippen LogP contribution in [0.1, 0.15) is 48.2 Å². The van der Waals surface area contributed by atoms with Gasteiger partial charge in [0.1, 0.15) is 5.82 Å². The highest BCUT2D eigenvalue weighted by molar-refractivity contribution is 5.93. The first kappa shape index (κ1) is 16.6. The zero-order valence-corrected chi connectivity index (χ0v) is 13.4. The van der Waals surface area contributed by atoms with Crippen LogP contribution in [0.3, 0.4) is 0 Å². The molecule has 24 heavy (non-hydrogen) atoms. The lowest BCUT2D eigenvalue weighted by Crippen LogP contribution is -2.16. The number of halogens is 1. The first-order valence-corrected chi connectivity index (χ1v) is 8.23. The van der Waals surface area contributed by atoms with Gasteiger partial charge in [-0.25, -0.2) is 14.2 Å². The average Bonchev–Trinajstić information content (AvgIpc) is 2.60. The van der Waals surface area contributed by atoms with Gasteiger partial charge in [-0.15, -0.1) is 0 Å². The van der Waals surface area contributed by atoms with Crippen LogP contribution in [-0.2, 0) is 11.3 Å². The van der Waals surface area contributed by atoms with E-state index in [1.807, 2.05) is 0 Å². The molecule has 0 unspecified atom stereocenters. The number of pyridine rings is 1. The summed E-state index contributed by atoms with van der Waals surface area (Å²) in [6, 6.07) is 7.81. The quantitative estimate of drug-likeness (QED) is 0.881. The Morgan fingerprint density at radius 2 is 2.04 bits per heavy atom. The fourth-order valence-electron chi connectivity index (χ4n) is 3.14. The molecule has 126 valence electrons. The molecule has 1 heterocycles. The molecule has 1 saturated carbocycles. The molecule has 0 bridgehead atoms. The number of ether oxygens (including phenoxy) is 1. The molecule has 3 rings (SSSR count). The molecular weight excluding hydrogens is 309 g/mol. The molecule has 0 amide bonds. The van der Waals surface area contributed by atoms with E-state index in [1.165, 1.54) is 37.6 Å². The second kappa shape index (κ2) is 7.53. The minimum atomic E-state index is -1.13. The zero-order chi connectivity index (χ0) is 16.9. The molecule has 1 N–H and O–H groups in total. The van der Waals surface area contributed by atoms with Crippen molar-refractivity contribution in [3.05, 3.63) is 53.6 Å². The average molecular weight is 329 g/mol. The minimum Gasteiger partial charge on any atom is -0.476 e. The van der Waals surface area contributed by atoms with Gasteiger partial charge in [-0.05, 0) is 48.2 Å². The molecule has 1 aliphatic carbocycles. The second-order valence-corrected chi connectivity index (χ2v) is 6.12. The minimum absolute atomic E-state index is 0.0813. The van der Waals surface area contributed by atoms with Gasteiger partial charge in [0.15, 0.2) is 5.69 Å². The molecule has 1 aromatic carbocycles. The number of carboxylic acids is 1. The van der Waals surface area contributed by atoms with Crippen LogP contribution in [-0.4, -0.2) is 22.2 Å². The van der Waals surface area contributed by atoms with Gasteiger partial charge in [0.05, 0.1) is 12.7 Å². The summed E-state index contributed by atoms with van der Waals surface area (Å²) in [6.45, 7) is 0.331. The van der Waals surface area contributed by atoms with Crippen molar-refractivity contribution in [1.82, 2.24) is 4.98 Å². The standard InChI is InChI=1S/C19H20FNO3/c20-15-10-13(12-24-16-5-2-1-3-6-16)9-14(11-15)17-7-4-8-21-18(17)19(22)23/h4,7-11,16H,1-3,5-6,12H2,(H,22,23). The number of carbonyl (C=O) groups is 1. The van der Waals surface area contributed by atoms with E-state index in [2.05, 4.69) is 4.98 Å². The molecule has 0 saturated heterocycles. The molecule has 2 aromatic rings. The van der Waals surface area contributed by atoms with Gasteiger partial charge in [0.2, 0.25) is 0 Å². The van der Waals surface area contributed by atoms with Crippen molar-refractivity contribution in [3.63, 3.8) is 0 Å². The van der Waals surface area contributed by atoms with Gasteiger partial charge in [0.25, 0.3) is 0 Å². The van der Waals surface area contributed by atoms with E-state index < -0.39 is 11.8 Å². The highest BCUT2D eigenvalue weighted by Crippen LogP contribution is 2.26. The highest BCUT2D eigenvalue weighted by atomic mass is 19.1. The van der Waals surface area contributed by atoms with Crippen LogP contribution in [0, 0.1) is 5.82 Å². The molecule has 0 spiro atoms. The Morgan fingerprint density at radius 3 is 2.79 bits per heavy atom. The molecule has 1 aliphatic rings. The summed E-state index contributed by atoms with van der Waals surface area (Å²) < 4.78 is 19.9. The maximum Gasteiger partial charge on any atom is 0.355 e. The van der Waals surface area contributed by atoms with Crippen molar-refractivity contribution in [2.75, 3.05) is 0 Å². The molecule has 0 aliphatic heterocycles. The lowest BCUT2D eigenvalue weighted by Gasteiger charge is -2.22. The number of nitrogens with zero attached hydrogens (tertiary/aromatic N) is 1. The van der Waals surface area contributed by atoms with Crippen molar-refractivity contribution >= 4 is 5.97 Å². The fourth-order valence-corrected chi connectivity index (χ4v) is 3.14. The van der Waals surface area contributed by atoms with E-state index in [9.17, 15) is 14.3 Å². The molecular formula is C19H20FNO3. The number of aromatic carboxylic acids is 1. The predicted octanol–water partition coefficient (Wildman–Crippen LogP) is 4.44. The van der Waals surface area contributed by atoms with Gasteiger partial charge in [-0.2, -0.15) is 0 Å². The Morgan fingerprint density at radius 1 is 1.25 bits per heavy atom. The van der Waals surface area contributed by atoms with Gasteiger partial charge >= 0.3 is 5.97 Å². The normalized spacial score (nSPS) is 15.4. The van der Waals surface area contributed by atoms with Gasteiger partial charge in [0, 0.05) is 11.8 Å². The van der Waals surface area contributed by atoms with E-state index in [0.717, 1.165) is 12.8 Å². The third-order valence-corrected chi connectivity index (χ3v) is 4.32. The lowest BCUT2D eigenvalue weighted by atomic mass is 9.97. The van der Waals surface area contributed by atoms with E-state index in [-0.39, 0.29) is 11.8 Å². The number of carboxylic acid groups (broad SMARTS) is 1. The third kappa shape index (κ3) is 3.97. The summed E-state index contributed by atoms with van der Waals surface area (Å²) in [5, 5.41) is 9.26. The summed E-state index contributed by atoms with van der Waals surface area (Å²) in [4.78, 5) is 15.2. The molecule has 0 radical (unpaired) electrons. The Bertz CT molecular complexity index is 726. The number of hydrogen-bond acceptors (Lipinski definition) is 3. The monoisotopic (exact) mass is 329 g/mol. The van der Waals surface area contributed by atoms with Crippen LogP contribution in [0.15, 0.2) is 36.5 Å². The Labute approximate surface area is 140 Å². The van der Waals surface area contributed by atoms with Crippen LogP contribution in [0.4, 0.5) is 4.39 Å². The van der Waals surface area contributed by atoms with E-state index in [0.29, 0.717) is 23.3 Å². The van der Waals surface area contributed by atoms with Gasteiger partial charge in [-0.1, -0.05) is 25.3 Å². The maximum atomic E-state index is 14.0. The molecule has 1 aromatic heterocycles. The second-order valence-electron chi connectivity index (χ2n) is 6.12. The fraction of sp³-hybridized carbons (Fsp3) is 0.368. The maximum absolute atomic E-state index is 14.0. The molecule has 4 nitrogen and oxygen atoms in total. The highest BCUT2D eigenvalue weighted by Gasteiger charge is 2.16. The SMILES string of the molecule is O=C(O)c1ncccc1-c1cc(F)cc(COC2CCCCC2)c1. The number of hydrogen-bond donors (Lipinski definition) is 1. The van der Waals surface area contributed by atoms with Crippen molar-refractivity contribution in [2.45, 2.75) is 44.8 Å². The largest absolute Gasteiger partial charge is 0.476 e. The van der Waals surface area contributed by atoms with Gasteiger partial charge in [-0.3, -0.25) is 0 Å². The predicted molar refractivity (Wildman–Crippen MR) is 88.3 cm³/mol. The molecule has 5 heteroatoms. The van der Waals surface area contributed by atoms with Crippen molar-refractivity contribution in [2.24, 2.45) is 0 Å². The summed E-state index contributed by atoms with van der Waals surface area (Å²) in [7, 11) is 0. The third-order valence-electron chi connectivity index (χ3n) is 4.32. The number of rotatable bonds is 5. The van der Waals surface area contributed by atoms with Crippen molar-refractivity contribution < 1.29 is 19.0 Å². The van der Waals surface area contributed by atoms with Crippen LogP contribution in [0.2, 0.25) is 0 Å². The van der Waals surface area contributed by atoms with Crippen LogP contribution >= 0.6 is 0 Å². The summed E-state index contributed by atoms with van der Waals surface area (Å²) in [6.07, 6.45) is 7.36. The van der Waals surface area contributed by atoms with E-state index >= 15 is 0 Å². The van der Waals surface area contributed by atoms with E-state index in [4.69, 9.17) is 4.74 Å². The number of benzene rings is 1. The summed E-state index contributed by atoms with van der Waals surface area (Å²) in [5.41, 5.74) is 1.53. The van der Waals surface area contributed by atoms with Crippen molar-refractivity contribution in [1.29, 1.82) is 0 Å². The Balaban J connectivity index is 1.82. The van der Waals surface area contributed by atoms with Crippen LogP contribution in [0.5, 0.6) is 0 Å². The summed E-state index contributed by atoms with van der Waals surface area (Å²) in [5.74, 6) is -1.54. The molecule has 1 fully saturated rings. The van der Waals surface area contributed by atoms with Gasteiger partial charge < -0.3 is 9.84 Å². The first-order chi connectivity index (χ1) is 11.6. The van der Waals surface area contributed by atoms with Crippen LogP contribution in [0.25, 0.3) is 11.1 Å². The van der Waals surface area contributed by atoms with E-state index in [1.54, 1.807) is 18.2 Å². The molecule has 0 atom stereocenters. The van der Waals surface area contributed by atoms with Crippen molar-refractivity contribution in [3.8, 4) is 11.1 Å².